The van der Waals surface area contributed by atoms with Gasteiger partial charge in [-0.05, 0) is 18.6 Å². The van der Waals surface area contributed by atoms with Crippen molar-refractivity contribution in [2.75, 3.05) is 13.7 Å². The second-order valence-corrected chi connectivity index (χ2v) is 6.34. The lowest BCUT2D eigenvalue weighted by Crippen LogP contribution is -2.44. The summed E-state index contributed by atoms with van der Waals surface area (Å²) in [6.07, 6.45) is 2.33. The highest BCUT2D eigenvalue weighted by molar-refractivity contribution is 6.02. The van der Waals surface area contributed by atoms with Gasteiger partial charge in [0.05, 0.1) is 31.1 Å². The van der Waals surface area contributed by atoms with E-state index in [0.717, 1.165) is 12.1 Å². The maximum Gasteiger partial charge on any atom is 0.260 e. The number of rotatable bonds is 3. The van der Waals surface area contributed by atoms with Gasteiger partial charge in [-0.2, -0.15) is 4.98 Å². The van der Waals surface area contributed by atoms with Crippen LogP contribution in [0.3, 0.4) is 0 Å². The Labute approximate surface area is 152 Å². The monoisotopic (exact) mass is 370 g/mol. The van der Waals surface area contributed by atoms with Gasteiger partial charge >= 0.3 is 0 Å². The zero-order valence-electron chi connectivity index (χ0n) is 14.3. The Bertz CT molecular complexity index is 1070. The molecule has 0 aliphatic carbocycles. The van der Waals surface area contributed by atoms with Crippen molar-refractivity contribution in [1.29, 1.82) is 0 Å². The lowest BCUT2D eigenvalue weighted by Gasteiger charge is -2.39. The normalized spacial score (nSPS) is 17.7. The topological polar surface area (TPSA) is 112 Å². The van der Waals surface area contributed by atoms with Crippen molar-refractivity contribution in [3.8, 4) is 23.0 Å². The van der Waals surface area contributed by atoms with Crippen LogP contribution in [-0.2, 0) is 6.54 Å². The highest BCUT2D eigenvalue weighted by Gasteiger charge is 2.43. The van der Waals surface area contributed by atoms with Crippen molar-refractivity contribution in [1.82, 2.24) is 24.6 Å². The van der Waals surface area contributed by atoms with Crippen molar-refractivity contribution < 1.29 is 18.4 Å². The number of carbonyl (C=O) groups is 1. The summed E-state index contributed by atoms with van der Waals surface area (Å²) in [5, 5.41) is 3.94. The standard InChI is InChI=1S/C17H15FN6O3/c1-26-15-8(18)2-3-9-12(15)17(25)23-5-4-10(23)14-13(20-7-24(9)14)16-21-11(6-19)27-22-16/h2-3,7,10H,4-6,19H2,1H3/t10-/m0/s1. The summed E-state index contributed by atoms with van der Waals surface area (Å²) in [5.41, 5.74) is 7.50. The first kappa shape index (κ1) is 15.9. The number of hydrogen-bond donors (Lipinski definition) is 1. The number of nitrogens with two attached hydrogens (primary N) is 1. The van der Waals surface area contributed by atoms with Gasteiger partial charge in [0.1, 0.15) is 17.6 Å². The van der Waals surface area contributed by atoms with E-state index >= 15 is 0 Å². The van der Waals surface area contributed by atoms with Gasteiger partial charge in [-0.25, -0.2) is 9.37 Å². The fraction of sp³-hybridized carbons (Fsp3) is 0.294. The molecule has 0 spiro atoms. The second kappa shape index (κ2) is 5.61. The first-order valence-corrected chi connectivity index (χ1v) is 8.42. The smallest absolute Gasteiger partial charge is 0.260 e. The zero-order chi connectivity index (χ0) is 18.7. The molecule has 9 nitrogen and oxygen atoms in total. The van der Waals surface area contributed by atoms with E-state index in [0.29, 0.717) is 29.6 Å². The van der Waals surface area contributed by atoms with Crippen molar-refractivity contribution in [3.05, 3.63) is 41.4 Å². The Kier molecular flexibility index (Phi) is 3.31. The van der Waals surface area contributed by atoms with E-state index in [4.69, 9.17) is 15.0 Å². The number of methoxy groups -OCH3 is 1. The number of fused-ring (bicyclic) bond motifs is 5. The van der Waals surface area contributed by atoms with Gasteiger partial charge in [0, 0.05) is 6.54 Å². The van der Waals surface area contributed by atoms with Gasteiger partial charge in [0.15, 0.2) is 11.6 Å². The van der Waals surface area contributed by atoms with Gasteiger partial charge in [0.2, 0.25) is 11.7 Å². The summed E-state index contributed by atoms with van der Waals surface area (Å²) in [6.45, 7) is 0.684. The minimum Gasteiger partial charge on any atom is -0.493 e. The molecule has 10 heteroatoms. The van der Waals surface area contributed by atoms with Gasteiger partial charge in [-0.1, -0.05) is 5.16 Å². The third kappa shape index (κ3) is 2.07. The highest BCUT2D eigenvalue weighted by atomic mass is 19.1. The molecule has 1 atom stereocenters. The van der Waals surface area contributed by atoms with E-state index < -0.39 is 5.82 Å². The molecule has 2 aromatic heterocycles. The molecule has 2 aliphatic heterocycles. The number of hydrogen-bond acceptors (Lipinski definition) is 7. The van der Waals surface area contributed by atoms with E-state index in [2.05, 4.69) is 15.1 Å². The molecule has 2 aliphatic rings. The van der Waals surface area contributed by atoms with E-state index in [-0.39, 0.29) is 29.8 Å². The zero-order valence-corrected chi connectivity index (χ0v) is 14.3. The Balaban J connectivity index is 1.77. The van der Waals surface area contributed by atoms with Gasteiger partial charge in [0.25, 0.3) is 5.91 Å². The van der Waals surface area contributed by atoms with Crippen molar-refractivity contribution >= 4 is 5.91 Å². The molecule has 1 amide bonds. The summed E-state index contributed by atoms with van der Waals surface area (Å²) in [5.74, 6) is -0.331. The van der Waals surface area contributed by atoms with E-state index in [1.54, 1.807) is 21.9 Å². The number of aromatic nitrogens is 4. The summed E-state index contributed by atoms with van der Waals surface area (Å²) in [6, 6.07) is 2.61. The van der Waals surface area contributed by atoms with Crippen LogP contribution in [0.4, 0.5) is 4.39 Å². The Morgan fingerprint density at radius 1 is 1.44 bits per heavy atom. The number of ether oxygens (including phenoxy) is 1. The number of benzene rings is 1. The molecular weight excluding hydrogens is 355 g/mol. The van der Waals surface area contributed by atoms with E-state index in [1.165, 1.54) is 13.2 Å². The SMILES string of the molecule is COc1c(F)ccc2c1C(=O)N1CC[C@H]1c1c(-c3noc(CN)n3)ncn1-2. The molecule has 0 radical (unpaired) electrons. The summed E-state index contributed by atoms with van der Waals surface area (Å²) >= 11 is 0. The largest absolute Gasteiger partial charge is 0.493 e. The number of halogens is 1. The predicted molar refractivity (Wildman–Crippen MR) is 89.7 cm³/mol. The number of carbonyl (C=O) groups excluding carboxylic acids is 1. The summed E-state index contributed by atoms with van der Waals surface area (Å²) in [4.78, 5) is 23.4. The number of imidazole rings is 1. The summed E-state index contributed by atoms with van der Waals surface area (Å²) < 4.78 is 26.3. The fourth-order valence-corrected chi connectivity index (χ4v) is 3.69. The van der Waals surface area contributed by atoms with Crippen LogP contribution in [0.15, 0.2) is 23.0 Å². The Hall–Kier alpha value is -3.27. The predicted octanol–water partition coefficient (Wildman–Crippen LogP) is 1.43. The molecule has 27 heavy (non-hydrogen) atoms. The van der Waals surface area contributed by atoms with Crippen molar-refractivity contribution in [2.24, 2.45) is 5.73 Å². The van der Waals surface area contributed by atoms with Gasteiger partial charge in [-0.3, -0.25) is 9.36 Å². The van der Waals surface area contributed by atoms with Crippen LogP contribution >= 0.6 is 0 Å². The van der Waals surface area contributed by atoms with Crippen LogP contribution in [0.5, 0.6) is 5.75 Å². The molecule has 0 bridgehead atoms. The molecule has 3 aromatic rings. The third-order valence-corrected chi connectivity index (χ3v) is 5.02. The van der Waals surface area contributed by atoms with Crippen LogP contribution in [0.25, 0.3) is 17.2 Å². The molecule has 1 saturated heterocycles. The molecule has 2 N–H and O–H groups in total. The maximum absolute atomic E-state index is 14.2. The van der Waals surface area contributed by atoms with E-state index in [1.807, 2.05) is 0 Å². The van der Waals surface area contributed by atoms with Crippen LogP contribution < -0.4 is 10.5 Å². The average molecular weight is 370 g/mol. The summed E-state index contributed by atoms with van der Waals surface area (Å²) in [7, 11) is 1.35. The first-order valence-electron chi connectivity index (χ1n) is 8.42. The Morgan fingerprint density at radius 2 is 2.30 bits per heavy atom. The van der Waals surface area contributed by atoms with Crippen molar-refractivity contribution in [3.63, 3.8) is 0 Å². The highest BCUT2D eigenvalue weighted by Crippen LogP contribution is 2.45. The lowest BCUT2D eigenvalue weighted by atomic mass is 9.97. The number of nitrogens with zero attached hydrogens (tertiary/aromatic N) is 5. The molecule has 0 unspecified atom stereocenters. The molecule has 1 fully saturated rings. The van der Waals surface area contributed by atoms with Crippen molar-refractivity contribution in [2.45, 2.75) is 19.0 Å². The molecule has 0 saturated carbocycles. The number of amides is 1. The van der Waals surface area contributed by atoms with E-state index in [9.17, 15) is 9.18 Å². The molecule has 4 heterocycles. The van der Waals surface area contributed by atoms with Crippen LogP contribution in [0, 0.1) is 5.82 Å². The first-order chi connectivity index (χ1) is 13.1. The third-order valence-electron chi connectivity index (χ3n) is 5.02. The van der Waals surface area contributed by atoms with Crippen LogP contribution in [0.2, 0.25) is 0 Å². The molecule has 138 valence electrons. The lowest BCUT2D eigenvalue weighted by molar-refractivity contribution is 0.0458. The minimum atomic E-state index is -0.587. The average Bonchev–Trinajstić information content (AvgIpc) is 3.26. The fourth-order valence-electron chi connectivity index (χ4n) is 3.69. The Morgan fingerprint density at radius 3 is 2.96 bits per heavy atom. The molecular formula is C17H15FN6O3. The quantitative estimate of drug-likeness (QED) is 0.742. The van der Waals surface area contributed by atoms with Gasteiger partial charge < -0.3 is 19.9 Å². The van der Waals surface area contributed by atoms with Crippen LogP contribution in [0.1, 0.15) is 34.4 Å². The second-order valence-electron chi connectivity index (χ2n) is 6.34. The van der Waals surface area contributed by atoms with Crippen LogP contribution in [-0.4, -0.2) is 44.2 Å². The maximum atomic E-state index is 14.2. The molecule has 5 rings (SSSR count). The van der Waals surface area contributed by atoms with Gasteiger partial charge in [-0.15, -0.1) is 0 Å². The minimum absolute atomic E-state index is 0.0729. The molecule has 1 aromatic carbocycles.